The molecule has 1 amide bonds. The van der Waals surface area contributed by atoms with Crippen LogP contribution in [0.4, 0.5) is 0 Å². The van der Waals surface area contributed by atoms with E-state index in [-0.39, 0.29) is 18.9 Å². The van der Waals surface area contributed by atoms with Crippen LogP contribution in [0.15, 0.2) is 53.2 Å². The molecule has 0 spiro atoms. The quantitative estimate of drug-likeness (QED) is 0.620. The van der Waals surface area contributed by atoms with Gasteiger partial charge in [0.15, 0.2) is 5.58 Å². The molecule has 0 bridgehead atoms. The summed E-state index contributed by atoms with van der Waals surface area (Å²) in [6.07, 6.45) is 1.97. The molecule has 1 aromatic carbocycles. The molecule has 0 saturated heterocycles. The molecule has 0 aliphatic heterocycles. The second kappa shape index (κ2) is 5.98. The largest absolute Gasteiger partial charge is 0.356 e. The summed E-state index contributed by atoms with van der Waals surface area (Å²) in [4.78, 5) is 16.6. The molecule has 1 N–H and O–H groups in total. The Balaban J connectivity index is 1.47. The van der Waals surface area contributed by atoms with Crippen LogP contribution in [0.1, 0.15) is 11.4 Å². The Morgan fingerprint density at radius 3 is 2.88 bits per heavy atom. The standard InChI is InChI=1S/C17H13ClN4O2/c18-17-13(20-15-7-3-4-8-22(15)17)10-19-16(23)9-12-11-5-1-2-6-14(11)24-21-12/h1-8H,9-10H2,(H,19,23). The average molecular weight is 341 g/mol. The van der Waals surface area contributed by atoms with Gasteiger partial charge in [0.25, 0.3) is 0 Å². The lowest BCUT2D eigenvalue weighted by Gasteiger charge is -2.02. The number of rotatable bonds is 4. The zero-order valence-corrected chi connectivity index (χ0v) is 13.3. The molecule has 0 saturated carbocycles. The van der Waals surface area contributed by atoms with E-state index in [1.807, 2.05) is 48.7 Å². The minimum absolute atomic E-state index is 0.141. The van der Waals surface area contributed by atoms with E-state index in [4.69, 9.17) is 16.1 Å². The summed E-state index contributed by atoms with van der Waals surface area (Å²) in [7, 11) is 0. The SMILES string of the molecule is O=C(Cc1noc2ccccc12)NCc1nc2ccccn2c1Cl. The van der Waals surface area contributed by atoms with Gasteiger partial charge < -0.3 is 9.84 Å². The number of halogens is 1. The number of carbonyl (C=O) groups excluding carboxylic acids is 1. The van der Waals surface area contributed by atoms with Crippen LogP contribution in [0.5, 0.6) is 0 Å². The first-order valence-electron chi connectivity index (χ1n) is 7.44. The molecule has 3 heterocycles. The predicted octanol–water partition coefficient (Wildman–Crippen LogP) is 2.99. The number of aromatic nitrogens is 3. The number of carbonyl (C=O) groups is 1. The summed E-state index contributed by atoms with van der Waals surface area (Å²) in [6, 6.07) is 13.1. The molecular formula is C17H13ClN4O2. The number of nitrogens with one attached hydrogen (secondary N) is 1. The number of pyridine rings is 1. The lowest BCUT2D eigenvalue weighted by molar-refractivity contribution is -0.120. The highest BCUT2D eigenvalue weighted by Gasteiger charge is 2.14. The maximum absolute atomic E-state index is 12.2. The van der Waals surface area contributed by atoms with Crippen molar-refractivity contribution in [2.45, 2.75) is 13.0 Å². The molecule has 7 heteroatoms. The zero-order chi connectivity index (χ0) is 16.5. The monoisotopic (exact) mass is 340 g/mol. The molecule has 24 heavy (non-hydrogen) atoms. The lowest BCUT2D eigenvalue weighted by atomic mass is 10.1. The van der Waals surface area contributed by atoms with Crippen LogP contribution >= 0.6 is 11.6 Å². The molecule has 4 aromatic rings. The van der Waals surface area contributed by atoms with Gasteiger partial charge in [-0.2, -0.15) is 0 Å². The van der Waals surface area contributed by atoms with Crippen LogP contribution < -0.4 is 5.32 Å². The van der Waals surface area contributed by atoms with E-state index in [0.717, 1.165) is 11.0 Å². The fraction of sp³-hybridized carbons (Fsp3) is 0.118. The van der Waals surface area contributed by atoms with Crippen LogP contribution in [-0.4, -0.2) is 20.4 Å². The second-order valence-corrected chi connectivity index (χ2v) is 5.72. The first-order valence-corrected chi connectivity index (χ1v) is 7.81. The Bertz CT molecular complexity index is 1040. The average Bonchev–Trinajstić information content (AvgIpc) is 3.15. The van der Waals surface area contributed by atoms with E-state index in [9.17, 15) is 4.79 Å². The van der Waals surface area contributed by atoms with Gasteiger partial charge in [-0.1, -0.05) is 35.0 Å². The maximum atomic E-state index is 12.2. The third kappa shape index (κ3) is 2.61. The number of fused-ring (bicyclic) bond motifs is 2. The van der Waals surface area contributed by atoms with Gasteiger partial charge >= 0.3 is 0 Å². The molecule has 0 radical (unpaired) electrons. The smallest absolute Gasteiger partial charge is 0.226 e. The number of hydrogen-bond acceptors (Lipinski definition) is 4. The minimum Gasteiger partial charge on any atom is -0.356 e. The highest BCUT2D eigenvalue weighted by atomic mass is 35.5. The zero-order valence-electron chi connectivity index (χ0n) is 12.6. The van der Waals surface area contributed by atoms with Gasteiger partial charge in [0.2, 0.25) is 5.91 Å². The summed E-state index contributed by atoms with van der Waals surface area (Å²) in [5.74, 6) is -0.165. The van der Waals surface area contributed by atoms with Crippen LogP contribution in [0.25, 0.3) is 16.6 Å². The van der Waals surface area contributed by atoms with Crippen LogP contribution in [0, 0.1) is 0 Å². The molecular weight excluding hydrogens is 328 g/mol. The number of amides is 1. The van der Waals surface area contributed by atoms with E-state index in [0.29, 0.717) is 22.1 Å². The molecule has 0 aliphatic rings. The summed E-state index contributed by atoms with van der Waals surface area (Å²) in [5, 5.41) is 8.13. The Morgan fingerprint density at radius 2 is 2.00 bits per heavy atom. The third-order valence-electron chi connectivity index (χ3n) is 3.77. The molecule has 0 unspecified atom stereocenters. The second-order valence-electron chi connectivity index (χ2n) is 5.36. The Morgan fingerprint density at radius 1 is 1.17 bits per heavy atom. The van der Waals surface area contributed by atoms with Crippen molar-refractivity contribution in [3.63, 3.8) is 0 Å². The van der Waals surface area contributed by atoms with Gasteiger partial charge in [-0.3, -0.25) is 9.20 Å². The Labute approximate surface area is 142 Å². The molecule has 120 valence electrons. The van der Waals surface area contributed by atoms with E-state index in [1.54, 1.807) is 4.40 Å². The lowest BCUT2D eigenvalue weighted by Crippen LogP contribution is -2.25. The molecule has 6 nitrogen and oxygen atoms in total. The van der Waals surface area contributed by atoms with Crippen LogP contribution in [0.3, 0.4) is 0 Å². The third-order valence-corrected chi connectivity index (χ3v) is 4.17. The summed E-state index contributed by atoms with van der Waals surface area (Å²) in [5.41, 5.74) is 2.66. The van der Waals surface area contributed by atoms with Gasteiger partial charge in [0.1, 0.15) is 16.5 Å². The number of hydrogen-bond donors (Lipinski definition) is 1. The minimum atomic E-state index is -0.165. The molecule has 3 aromatic heterocycles. The number of para-hydroxylation sites is 1. The highest BCUT2D eigenvalue weighted by molar-refractivity contribution is 6.30. The molecule has 0 fully saturated rings. The van der Waals surface area contributed by atoms with Crippen molar-refractivity contribution >= 4 is 34.1 Å². The van der Waals surface area contributed by atoms with E-state index < -0.39 is 0 Å². The van der Waals surface area contributed by atoms with E-state index in [1.165, 1.54) is 0 Å². The van der Waals surface area contributed by atoms with Gasteiger partial charge in [-0.25, -0.2) is 4.98 Å². The normalized spacial score (nSPS) is 11.2. The number of benzene rings is 1. The van der Waals surface area contributed by atoms with Crippen molar-refractivity contribution in [1.82, 2.24) is 19.9 Å². The van der Waals surface area contributed by atoms with Crippen molar-refractivity contribution < 1.29 is 9.32 Å². The maximum Gasteiger partial charge on any atom is 0.226 e. The molecule has 0 aliphatic carbocycles. The summed E-state index contributed by atoms with van der Waals surface area (Å²) >= 11 is 6.28. The van der Waals surface area contributed by atoms with Crippen molar-refractivity contribution in [1.29, 1.82) is 0 Å². The fourth-order valence-electron chi connectivity index (χ4n) is 2.59. The van der Waals surface area contributed by atoms with Crippen molar-refractivity contribution in [2.24, 2.45) is 0 Å². The van der Waals surface area contributed by atoms with Gasteiger partial charge in [0, 0.05) is 11.6 Å². The van der Waals surface area contributed by atoms with Crippen molar-refractivity contribution in [3.8, 4) is 0 Å². The van der Waals surface area contributed by atoms with Crippen LogP contribution in [-0.2, 0) is 17.8 Å². The highest BCUT2D eigenvalue weighted by Crippen LogP contribution is 2.19. The molecule has 4 rings (SSSR count). The van der Waals surface area contributed by atoms with Crippen LogP contribution in [0.2, 0.25) is 5.15 Å². The number of nitrogens with zero attached hydrogens (tertiary/aromatic N) is 3. The Hall–Kier alpha value is -2.86. The topological polar surface area (TPSA) is 72.4 Å². The molecule has 0 atom stereocenters. The van der Waals surface area contributed by atoms with Crippen molar-refractivity contribution in [2.75, 3.05) is 0 Å². The Kier molecular flexibility index (Phi) is 3.66. The van der Waals surface area contributed by atoms with E-state index in [2.05, 4.69) is 15.5 Å². The van der Waals surface area contributed by atoms with E-state index >= 15 is 0 Å². The first kappa shape index (κ1) is 14.7. The summed E-state index contributed by atoms with van der Waals surface area (Å²) < 4.78 is 6.98. The fourth-order valence-corrected chi connectivity index (χ4v) is 2.84. The van der Waals surface area contributed by atoms with Gasteiger partial charge in [-0.05, 0) is 24.3 Å². The summed E-state index contributed by atoms with van der Waals surface area (Å²) in [6.45, 7) is 0.259. The van der Waals surface area contributed by atoms with Crippen molar-refractivity contribution in [3.05, 3.63) is 65.2 Å². The van der Waals surface area contributed by atoms with Gasteiger partial charge in [0.05, 0.1) is 18.7 Å². The number of imidazole rings is 1. The predicted molar refractivity (Wildman–Crippen MR) is 89.8 cm³/mol. The van der Waals surface area contributed by atoms with Gasteiger partial charge in [-0.15, -0.1) is 0 Å². The first-order chi connectivity index (χ1) is 11.7.